The average Bonchev–Trinajstić information content (AvgIpc) is 3.10. The first-order valence-corrected chi connectivity index (χ1v) is 9.62. The zero-order chi connectivity index (χ0) is 18.1. The van der Waals surface area contributed by atoms with Gasteiger partial charge >= 0.3 is 5.63 Å². The number of amides is 1. The van der Waals surface area contributed by atoms with Crippen LogP contribution in [0.3, 0.4) is 0 Å². The van der Waals surface area contributed by atoms with Crippen LogP contribution in [-0.4, -0.2) is 10.9 Å². The zero-order valence-electron chi connectivity index (χ0n) is 13.2. The summed E-state index contributed by atoms with van der Waals surface area (Å²) in [5.74, 6) is -0.534. The van der Waals surface area contributed by atoms with E-state index in [-0.39, 0.29) is 5.56 Å². The number of nitrogens with zero attached hydrogens (tertiary/aromatic N) is 1. The van der Waals surface area contributed by atoms with E-state index in [1.54, 1.807) is 18.2 Å². The number of benzene rings is 2. The smallest absolute Gasteiger partial charge is 0.349 e. The minimum atomic E-state index is -0.671. The van der Waals surface area contributed by atoms with Crippen molar-refractivity contribution in [3.63, 3.8) is 0 Å². The number of carbonyl (C=O) groups excluding carboxylic acids is 1. The molecule has 0 saturated carbocycles. The number of para-hydroxylation sites is 1. The first-order valence-electron chi connectivity index (χ1n) is 7.66. The third-order valence-corrected chi connectivity index (χ3v) is 5.23. The van der Waals surface area contributed by atoms with Crippen LogP contribution in [0.1, 0.15) is 10.4 Å². The molecule has 0 aliphatic heterocycles. The summed E-state index contributed by atoms with van der Waals surface area (Å²) < 4.78 is 6.34. The first-order chi connectivity index (χ1) is 12.6. The number of halogens is 1. The summed E-state index contributed by atoms with van der Waals surface area (Å²) in [6, 6.07) is 16.5. The van der Waals surface area contributed by atoms with E-state index in [4.69, 9.17) is 4.42 Å². The van der Waals surface area contributed by atoms with E-state index >= 15 is 0 Å². The second-order valence-corrected chi connectivity index (χ2v) is 7.59. The van der Waals surface area contributed by atoms with E-state index in [0.29, 0.717) is 16.1 Å². The molecule has 1 N–H and O–H groups in total. The molecule has 0 unspecified atom stereocenters. The number of aromatic nitrogens is 1. The summed E-state index contributed by atoms with van der Waals surface area (Å²) >= 11 is 3.54. The van der Waals surface area contributed by atoms with Gasteiger partial charge in [-0.3, -0.25) is 10.1 Å². The van der Waals surface area contributed by atoms with Crippen molar-refractivity contribution in [2.45, 2.75) is 0 Å². The highest BCUT2D eigenvalue weighted by Gasteiger charge is 2.15. The molecule has 0 bridgehead atoms. The van der Waals surface area contributed by atoms with E-state index in [0.717, 1.165) is 14.8 Å². The number of fused-ring (bicyclic) bond motifs is 1. The van der Waals surface area contributed by atoms with Gasteiger partial charge in [0.2, 0.25) is 0 Å². The van der Waals surface area contributed by atoms with Crippen molar-refractivity contribution in [1.29, 1.82) is 0 Å². The number of anilines is 1. The van der Waals surface area contributed by atoms with Crippen LogP contribution >= 0.6 is 33.9 Å². The molecule has 0 spiro atoms. The molecular formula is C19H11IN2O3S. The Kier molecular flexibility index (Phi) is 4.56. The van der Waals surface area contributed by atoms with Gasteiger partial charge in [0.1, 0.15) is 11.1 Å². The van der Waals surface area contributed by atoms with E-state index < -0.39 is 11.5 Å². The van der Waals surface area contributed by atoms with Gasteiger partial charge < -0.3 is 4.42 Å². The fourth-order valence-corrected chi connectivity index (χ4v) is 3.54. The highest BCUT2D eigenvalue weighted by atomic mass is 127. The van der Waals surface area contributed by atoms with Crippen molar-refractivity contribution in [3.8, 4) is 11.3 Å². The number of hydrogen-bond acceptors (Lipinski definition) is 5. The summed E-state index contributed by atoms with van der Waals surface area (Å²) in [5, 5.41) is 5.65. The van der Waals surface area contributed by atoms with Gasteiger partial charge in [-0.1, -0.05) is 30.3 Å². The molecule has 4 aromatic rings. The first kappa shape index (κ1) is 16.9. The Morgan fingerprint density at radius 2 is 1.88 bits per heavy atom. The topological polar surface area (TPSA) is 72.2 Å². The highest BCUT2D eigenvalue weighted by molar-refractivity contribution is 14.1. The van der Waals surface area contributed by atoms with Crippen molar-refractivity contribution in [2.75, 3.05) is 5.32 Å². The van der Waals surface area contributed by atoms with Crippen molar-refractivity contribution in [1.82, 2.24) is 4.98 Å². The minimum absolute atomic E-state index is 0.0466. The molecular weight excluding hydrogens is 463 g/mol. The van der Waals surface area contributed by atoms with Gasteiger partial charge in [0.25, 0.3) is 5.91 Å². The standard InChI is InChI=1S/C19H11IN2O3S/c20-13-7-5-11(6-8-13)15-10-26-19(21-15)22-17(23)14-9-12-3-1-2-4-16(12)25-18(14)24/h1-10H,(H,21,22,23). The van der Waals surface area contributed by atoms with Crippen LogP contribution in [0.15, 0.2) is 69.2 Å². The van der Waals surface area contributed by atoms with Crippen LogP contribution in [0.2, 0.25) is 0 Å². The Morgan fingerprint density at radius 3 is 2.69 bits per heavy atom. The van der Waals surface area contributed by atoms with Gasteiger partial charge in [-0.25, -0.2) is 9.78 Å². The molecule has 0 aliphatic rings. The summed E-state index contributed by atoms with van der Waals surface area (Å²) in [6.07, 6.45) is 0. The summed E-state index contributed by atoms with van der Waals surface area (Å²) in [4.78, 5) is 29.0. The molecule has 7 heteroatoms. The molecule has 2 aromatic carbocycles. The fraction of sp³-hybridized carbons (Fsp3) is 0. The molecule has 128 valence electrons. The van der Waals surface area contributed by atoms with Crippen molar-refractivity contribution >= 4 is 55.9 Å². The predicted octanol–water partition coefficient (Wildman–Crippen LogP) is 4.77. The number of thiazole rings is 1. The van der Waals surface area contributed by atoms with Crippen molar-refractivity contribution in [2.24, 2.45) is 0 Å². The lowest BCUT2D eigenvalue weighted by atomic mass is 10.2. The van der Waals surface area contributed by atoms with Gasteiger partial charge in [0, 0.05) is 19.9 Å². The maximum absolute atomic E-state index is 12.5. The lowest BCUT2D eigenvalue weighted by Gasteiger charge is -2.02. The van der Waals surface area contributed by atoms with Crippen LogP contribution < -0.4 is 10.9 Å². The molecule has 2 heterocycles. The number of hydrogen-bond donors (Lipinski definition) is 1. The molecule has 0 radical (unpaired) electrons. The molecule has 0 fully saturated rings. The zero-order valence-corrected chi connectivity index (χ0v) is 16.2. The third-order valence-electron chi connectivity index (χ3n) is 3.75. The van der Waals surface area contributed by atoms with Crippen LogP contribution in [0.5, 0.6) is 0 Å². The maximum Gasteiger partial charge on any atom is 0.349 e. The Balaban J connectivity index is 1.60. The molecule has 1 amide bonds. The average molecular weight is 474 g/mol. The molecule has 0 saturated heterocycles. The molecule has 0 atom stereocenters. The molecule has 26 heavy (non-hydrogen) atoms. The normalized spacial score (nSPS) is 10.8. The van der Waals surface area contributed by atoms with E-state index in [1.165, 1.54) is 17.4 Å². The van der Waals surface area contributed by atoms with Crippen LogP contribution in [0.25, 0.3) is 22.2 Å². The molecule has 0 aliphatic carbocycles. The largest absolute Gasteiger partial charge is 0.422 e. The van der Waals surface area contributed by atoms with E-state index in [9.17, 15) is 9.59 Å². The lowest BCUT2D eigenvalue weighted by Crippen LogP contribution is -2.20. The summed E-state index contributed by atoms with van der Waals surface area (Å²) in [7, 11) is 0. The monoisotopic (exact) mass is 474 g/mol. The van der Waals surface area contributed by atoms with Gasteiger partial charge in [-0.2, -0.15) is 0 Å². The SMILES string of the molecule is O=C(Nc1nc(-c2ccc(I)cc2)cs1)c1cc2ccccc2oc1=O. The Labute approximate surface area is 165 Å². The van der Waals surface area contributed by atoms with E-state index in [1.807, 2.05) is 35.7 Å². The fourth-order valence-electron chi connectivity index (χ4n) is 2.47. The maximum atomic E-state index is 12.5. The Hall–Kier alpha value is -2.52. The van der Waals surface area contributed by atoms with Gasteiger partial charge in [-0.15, -0.1) is 11.3 Å². The molecule has 2 aromatic heterocycles. The van der Waals surface area contributed by atoms with Crippen molar-refractivity contribution < 1.29 is 9.21 Å². The van der Waals surface area contributed by atoms with Crippen LogP contribution in [-0.2, 0) is 0 Å². The van der Waals surface area contributed by atoms with Gasteiger partial charge in [0.15, 0.2) is 5.13 Å². The Bertz CT molecular complexity index is 1170. The minimum Gasteiger partial charge on any atom is -0.422 e. The second-order valence-electron chi connectivity index (χ2n) is 5.48. The van der Waals surface area contributed by atoms with Gasteiger partial charge in [-0.05, 0) is 46.9 Å². The molecule has 5 nitrogen and oxygen atoms in total. The molecule has 4 rings (SSSR count). The number of nitrogens with one attached hydrogen (secondary N) is 1. The number of rotatable bonds is 3. The van der Waals surface area contributed by atoms with Crippen molar-refractivity contribution in [3.05, 3.63) is 79.5 Å². The van der Waals surface area contributed by atoms with Gasteiger partial charge in [0.05, 0.1) is 5.69 Å². The van der Waals surface area contributed by atoms with E-state index in [2.05, 4.69) is 32.9 Å². The summed E-state index contributed by atoms with van der Waals surface area (Å²) in [6.45, 7) is 0. The Morgan fingerprint density at radius 1 is 1.12 bits per heavy atom. The predicted molar refractivity (Wildman–Crippen MR) is 111 cm³/mol. The third kappa shape index (κ3) is 3.40. The highest BCUT2D eigenvalue weighted by Crippen LogP contribution is 2.25. The lowest BCUT2D eigenvalue weighted by molar-refractivity contribution is 0.102. The summed E-state index contributed by atoms with van der Waals surface area (Å²) in [5.41, 5.74) is 1.47. The second kappa shape index (κ2) is 7.00. The van der Waals surface area contributed by atoms with Crippen LogP contribution in [0, 0.1) is 3.57 Å². The number of carbonyl (C=O) groups is 1. The van der Waals surface area contributed by atoms with Crippen LogP contribution in [0.4, 0.5) is 5.13 Å². The quantitative estimate of drug-likeness (QED) is 0.343.